The van der Waals surface area contributed by atoms with Crippen molar-refractivity contribution in [2.24, 2.45) is 0 Å². The summed E-state index contributed by atoms with van der Waals surface area (Å²) < 4.78 is 33.4. The minimum Gasteiger partial charge on any atom is -0.385 e. The smallest absolute Gasteiger partial charge is 0.228 e. The molecule has 0 spiro atoms. The second-order valence-electron chi connectivity index (χ2n) is 7.95. The van der Waals surface area contributed by atoms with Crippen LogP contribution in [0.25, 0.3) is 0 Å². The molecule has 0 amide bonds. The second-order valence-corrected chi connectivity index (χ2v) is 10.1. The molecule has 1 fully saturated rings. The van der Waals surface area contributed by atoms with Crippen molar-refractivity contribution in [1.29, 1.82) is 0 Å². The normalized spacial score (nSPS) is 15.4. The molecule has 29 heavy (non-hydrogen) atoms. The molecule has 2 aromatic rings. The van der Waals surface area contributed by atoms with Crippen molar-refractivity contribution in [3.63, 3.8) is 0 Å². The number of rotatable bonds is 11. The molecule has 1 aromatic carbocycles. The van der Waals surface area contributed by atoms with Gasteiger partial charge in [-0.3, -0.25) is 0 Å². The fourth-order valence-electron chi connectivity index (χ4n) is 4.02. The van der Waals surface area contributed by atoms with Crippen LogP contribution in [-0.2, 0) is 34.1 Å². The van der Waals surface area contributed by atoms with Crippen LogP contribution in [0.3, 0.4) is 0 Å². The van der Waals surface area contributed by atoms with Gasteiger partial charge >= 0.3 is 0 Å². The fraction of sp³-hybridized carbons (Fsp3) is 0.591. The zero-order valence-electron chi connectivity index (χ0n) is 17.6. The first kappa shape index (κ1) is 22.0. The minimum atomic E-state index is -3.38. The number of sulfone groups is 1. The summed E-state index contributed by atoms with van der Waals surface area (Å²) >= 11 is 0. The number of ether oxygens (including phenoxy) is 1. The van der Waals surface area contributed by atoms with Gasteiger partial charge in [0.1, 0.15) is 0 Å². The largest absolute Gasteiger partial charge is 0.385 e. The zero-order chi connectivity index (χ0) is 20.7. The van der Waals surface area contributed by atoms with E-state index in [1.54, 1.807) is 13.3 Å². The van der Waals surface area contributed by atoms with Crippen LogP contribution in [0.1, 0.15) is 43.4 Å². The predicted molar refractivity (Wildman–Crippen MR) is 115 cm³/mol. The van der Waals surface area contributed by atoms with E-state index in [1.807, 2.05) is 10.6 Å². The van der Waals surface area contributed by atoms with Crippen LogP contribution >= 0.6 is 0 Å². The summed E-state index contributed by atoms with van der Waals surface area (Å²) in [6.45, 7) is 2.78. The van der Waals surface area contributed by atoms with E-state index < -0.39 is 9.84 Å². The molecule has 0 aliphatic heterocycles. The predicted octanol–water partition coefficient (Wildman–Crippen LogP) is 3.31. The number of likely N-dealkylation sites (N-methyl/N-ethyl adjacent to an activating group) is 1. The van der Waals surface area contributed by atoms with Gasteiger partial charge in [0.15, 0.2) is 0 Å². The number of benzene rings is 1. The molecule has 6 nitrogen and oxygen atoms in total. The molecule has 7 heteroatoms. The molecule has 160 valence electrons. The number of aromatic nitrogens is 2. The first-order chi connectivity index (χ1) is 14.0. The van der Waals surface area contributed by atoms with Crippen molar-refractivity contribution < 1.29 is 13.2 Å². The molecule has 0 N–H and O–H groups in total. The van der Waals surface area contributed by atoms with Crippen LogP contribution in [0.2, 0.25) is 0 Å². The summed E-state index contributed by atoms with van der Waals surface area (Å²) in [5.41, 5.74) is 2.26. The molecule has 0 atom stereocenters. The molecule has 0 bridgehead atoms. The van der Waals surface area contributed by atoms with Crippen LogP contribution in [0, 0.1) is 0 Å². The van der Waals surface area contributed by atoms with Gasteiger partial charge in [-0.05, 0) is 38.3 Å². The Morgan fingerprint density at radius 2 is 1.93 bits per heavy atom. The molecular formula is C22H33N3O3S. The molecule has 1 aliphatic carbocycles. The summed E-state index contributed by atoms with van der Waals surface area (Å²) in [7, 11) is 0.355. The van der Waals surface area contributed by atoms with Crippen molar-refractivity contribution in [1.82, 2.24) is 14.5 Å². The van der Waals surface area contributed by atoms with E-state index in [-0.39, 0.29) is 10.4 Å². The third-order valence-corrected chi connectivity index (χ3v) is 7.87. The lowest BCUT2D eigenvalue weighted by Crippen LogP contribution is -2.25. The Hall–Kier alpha value is -1.70. The lowest BCUT2D eigenvalue weighted by molar-refractivity contribution is 0.188. The Bertz CT molecular complexity index is 859. The van der Waals surface area contributed by atoms with Crippen molar-refractivity contribution >= 4 is 9.84 Å². The van der Waals surface area contributed by atoms with E-state index in [0.717, 1.165) is 50.8 Å². The number of nitrogens with zero attached hydrogens (tertiary/aromatic N) is 3. The lowest BCUT2D eigenvalue weighted by atomic mass is 10.1. The van der Waals surface area contributed by atoms with Crippen LogP contribution in [0.5, 0.6) is 0 Å². The highest BCUT2D eigenvalue weighted by Crippen LogP contribution is 2.29. The maximum absolute atomic E-state index is 13.2. The van der Waals surface area contributed by atoms with Crippen molar-refractivity contribution in [2.45, 2.75) is 62.0 Å². The van der Waals surface area contributed by atoms with Gasteiger partial charge in [0, 0.05) is 33.4 Å². The number of methoxy groups -OCH3 is 1. The Morgan fingerprint density at radius 1 is 1.21 bits per heavy atom. The van der Waals surface area contributed by atoms with Crippen molar-refractivity contribution in [3.8, 4) is 0 Å². The van der Waals surface area contributed by atoms with Gasteiger partial charge in [-0.1, -0.05) is 43.2 Å². The summed E-state index contributed by atoms with van der Waals surface area (Å²) in [5.74, 6) is 0. The lowest BCUT2D eigenvalue weighted by Gasteiger charge is -2.19. The van der Waals surface area contributed by atoms with Gasteiger partial charge in [0.05, 0.1) is 17.1 Å². The number of hydrogen-bond donors (Lipinski definition) is 0. The molecular weight excluding hydrogens is 386 g/mol. The first-order valence-electron chi connectivity index (χ1n) is 10.5. The Balaban J connectivity index is 1.73. The summed E-state index contributed by atoms with van der Waals surface area (Å²) in [4.78, 5) is 6.62. The summed E-state index contributed by atoms with van der Waals surface area (Å²) in [5, 5.41) is -0.0401. The third kappa shape index (κ3) is 5.68. The Morgan fingerprint density at radius 3 is 2.62 bits per heavy atom. The van der Waals surface area contributed by atoms with Crippen LogP contribution in [-0.4, -0.2) is 55.4 Å². The molecule has 1 heterocycles. The zero-order valence-corrected chi connectivity index (χ0v) is 18.4. The van der Waals surface area contributed by atoms with E-state index in [9.17, 15) is 8.42 Å². The van der Waals surface area contributed by atoms with Crippen LogP contribution < -0.4 is 0 Å². The Labute approximate surface area is 174 Å². The van der Waals surface area contributed by atoms with Crippen LogP contribution in [0.4, 0.5) is 0 Å². The number of hydrogen-bond acceptors (Lipinski definition) is 5. The topological polar surface area (TPSA) is 64.4 Å². The van der Waals surface area contributed by atoms with Gasteiger partial charge in [0.2, 0.25) is 15.0 Å². The Kier molecular flexibility index (Phi) is 7.86. The molecule has 1 saturated carbocycles. The maximum atomic E-state index is 13.2. The molecule has 1 aliphatic rings. The van der Waals surface area contributed by atoms with E-state index in [4.69, 9.17) is 4.74 Å². The highest BCUT2D eigenvalue weighted by molar-refractivity contribution is 7.91. The monoisotopic (exact) mass is 419 g/mol. The molecule has 3 rings (SSSR count). The molecule has 1 aromatic heterocycles. The van der Waals surface area contributed by atoms with E-state index >= 15 is 0 Å². The highest BCUT2D eigenvalue weighted by Gasteiger charge is 2.34. The van der Waals surface area contributed by atoms with Gasteiger partial charge in [0.25, 0.3) is 0 Å². The van der Waals surface area contributed by atoms with Crippen molar-refractivity contribution in [3.05, 3.63) is 47.8 Å². The minimum absolute atomic E-state index is 0.243. The molecule has 0 radical (unpaired) electrons. The number of imidazole rings is 1. The quantitative estimate of drug-likeness (QED) is 0.523. The van der Waals surface area contributed by atoms with E-state index in [1.165, 1.54) is 5.56 Å². The highest BCUT2D eigenvalue weighted by atomic mass is 32.2. The summed E-state index contributed by atoms with van der Waals surface area (Å²) in [6, 6.07) is 10.4. The van der Waals surface area contributed by atoms with Gasteiger partial charge in [-0.15, -0.1) is 0 Å². The van der Waals surface area contributed by atoms with E-state index in [2.05, 4.69) is 41.2 Å². The third-order valence-electron chi connectivity index (χ3n) is 5.68. The average Bonchev–Trinajstić information content (AvgIpc) is 3.39. The van der Waals surface area contributed by atoms with Gasteiger partial charge < -0.3 is 14.2 Å². The van der Waals surface area contributed by atoms with Crippen molar-refractivity contribution in [2.75, 3.05) is 27.3 Å². The first-order valence-corrected chi connectivity index (χ1v) is 12.1. The summed E-state index contributed by atoms with van der Waals surface area (Å²) in [6.07, 6.45) is 6.95. The van der Waals surface area contributed by atoms with Crippen LogP contribution in [0.15, 0.2) is 41.7 Å². The maximum Gasteiger partial charge on any atom is 0.228 e. The molecule has 0 unspecified atom stereocenters. The standard InChI is InChI=1S/C22H33N3O3S/c1-24(15-13-19-9-4-3-5-10-19)18-20-17-23-22(25(20)14-8-16-28-2)29(26,27)21-11-6-7-12-21/h3-5,9-10,17,21H,6-8,11-16,18H2,1-2H3. The SMILES string of the molecule is COCCCn1c(CN(C)CCc2ccccc2)cnc1S(=O)(=O)C1CCCC1. The second kappa shape index (κ2) is 10.4. The van der Waals surface area contributed by atoms with Gasteiger partial charge in [-0.25, -0.2) is 13.4 Å². The average molecular weight is 420 g/mol. The van der Waals surface area contributed by atoms with Gasteiger partial charge in [-0.2, -0.15) is 0 Å². The fourth-order valence-corrected chi connectivity index (χ4v) is 5.99. The van der Waals surface area contributed by atoms with E-state index in [0.29, 0.717) is 19.7 Å². The molecule has 0 saturated heterocycles.